The van der Waals surface area contributed by atoms with Gasteiger partial charge in [-0.25, -0.2) is 0 Å². The number of aliphatic carboxylic acids is 5. The van der Waals surface area contributed by atoms with Crippen LogP contribution in [0.15, 0.2) is 0 Å². The maximum atomic E-state index is 8.89. The molecule has 0 fully saturated rings. The minimum Gasteiger partial charge on any atom is -0.676 e. The van der Waals surface area contributed by atoms with Crippen LogP contribution in [-0.2, 0) is 44.1 Å². The van der Waals surface area contributed by atoms with Gasteiger partial charge in [0.05, 0.1) is 0 Å². The van der Waals surface area contributed by atoms with Crippen molar-refractivity contribution >= 4 is 29.8 Å². The van der Waals surface area contributed by atoms with Gasteiger partial charge in [-0.2, -0.15) is 0 Å². The van der Waals surface area contributed by atoms with E-state index in [-0.39, 0.29) is 20.1 Å². The van der Waals surface area contributed by atoms with Crippen molar-refractivity contribution in [2.75, 3.05) is 26.2 Å². The van der Waals surface area contributed by atoms with Crippen molar-refractivity contribution in [1.82, 2.24) is 5.32 Å². The van der Waals surface area contributed by atoms with Crippen LogP contribution in [0.4, 0.5) is 0 Å². The molecule has 0 rings (SSSR count). The standard InChI is InChI=1S/C4H12N3.5C2H3O2.Tc/c5-1-3-7-4-2-6;5*1-2(3)4;/h5,7H,1-4,6H2;5*1H2,(H,3,4);/q6*-1;+6. The van der Waals surface area contributed by atoms with Gasteiger partial charge >= 0.3 is 20.1 Å². The van der Waals surface area contributed by atoms with E-state index >= 15 is 0 Å². The summed E-state index contributed by atoms with van der Waals surface area (Å²) in [5.74, 6) is -5.42. The molecule has 165 valence electrons. The quantitative estimate of drug-likeness (QED) is 0.185. The molecule has 0 spiro atoms. The molecule has 0 atom stereocenters. The van der Waals surface area contributed by atoms with Gasteiger partial charge in [0.25, 0.3) is 0 Å². The Kier molecular flexibility index (Phi) is 70.1. The van der Waals surface area contributed by atoms with E-state index in [4.69, 9.17) is 61.0 Å². The molecule has 1 radical (unpaired) electrons. The molecule has 0 aliphatic rings. The molecule has 0 aliphatic carbocycles. The maximum absolute atomic E-state index is 8.89. The van der Waals surface area contributed by atoms with Gasteiger partial charge < -0.3 is 42.3 Å². The van der Waals surface area contributed by atoms with E-state index < -0.39 is 29.8 Å². The summed E-state index contributed by atoms with van der Waals surface area (Å²) in [4.78, 5) is 44.4. The molecule has 14 heteroatoms. The molecule has 28 heavy (non-hydrogen) atoms. The Morgan fingerprint density at radius 2 is 0.857 bits per heavy atom. The van der Waals surface area contributed by atoms with E-state index in [0.717, 1.165) is 13.1 Å². The number of nitrogens with two attached hydrogens (primary N) is 1. The largest absolute Gasteiger partial charge is 6.00 e. The summed E-state index contributed by atoms with van der Waals surface area (Å²) < 4.78 is 0. The third kappa shape index (κ3) is 7600. The number of carboxylic acid groups (broad SMARTS) is 5. The number of rotatable bonds is 4. The molecule has 0 aromatic rings. The second kappa shape index (κ2) is 44.0. The van der Waals surface area contributed by atoms with Crippen molar-refractivity contribution in [3.05, 3.63) is 40.4 Å². The van der Waals surface area contributed by atoms with E-state index in [2.05, 4.69) is 39.9 Å². The summed E-state index contributed by atoms with van der Waals surface area (Å²) in [6, 6.07) is 0. The average molecular weight is 495 g/mol. The predicted molar refractivity (Wildman–Crippen MR) is 96.1 cm³/mol. The summed E-state index contributed by atoms with van der Waals surface area (Å²) in [6.07, 6.45) is 0. The van der Waals surface area contributed by atoms with E-state index in [1.807, 2.05) is 0 Å². The molecule has 0 saturated heterocycles. The van der Waals surface area contributed by atoms with Crippen LogP contribution in [0.5, 0.6) is 0 Å². The van der Waals surface area contributed by atoms with E-state index in [0.29, 0.717) is 13.1 Å². The molecule has 0 aromatic heterocycles. The van der Waals surface area contributed by atoms with Crippen LogP contribution in [0, 0.1) is 34.6 Å². The van der Waals surface area contributed by atoms with E-state index in [9.17, 15) is 0 Å². The third-order valence-electron chi connectivity index (χ3n) is 0.623. The zero-order chi connectivity index (χ0) is 23.4. The molecule has 0 aromatic carbocycles. The number of carboxylic acids is 5. The zero-order valence-electron chi connectivity index (χ0n) is 15.1. The Morgan fingerprint density at radius 3 is 0.964 bits per heavy atom. The monoisotopic (exact) mass is 494 g/mol. The zero-order valence-corrected chi connectivity index (χ0v) is 17.0. The van der Waals surface area contributed by atoms with E-state index in [1.54, 1.807) is 0 Å². The van der Waals surface area contributed by atoms with Crippen LogP contribution < -0.4 is 11.1 Å². The van der Waals surface area contributed by atoms with Crippen LogP contribution in [-0.4, -0.2) is 81.6 Å². The Morgan fingerprint density at radius 1 is 0.679 bits per heavy atom. The fourth-order valence-corrected chi connectivity index (χ4v) is 0.315. The molecule has 13 nitrogen and oxygen atoms in total. The van der Waals surface area contributed by atoms with Crippen molar-refractivity contribution in [2.45, 2.75) is 0 Å². The van der Waals surface area contributed by atoms with Gasteiger partial charge in [0.15, 0.2) is 29.8 Å². The summed E-state index contributed by atoms with van der Waals surface area (Å²) >= 11 is 0. The van der Waals surface area contributed by atoms with Crippen molar-refractivity contribution in [1.29, 1.82) is 0 Å². The van der Waals surface area contributed by atoms with Gasteiger partial charge in [-0.15, -0.1) is 6.54 Å². The molecule has 0 saturated carbocycles. The number of carbonyl (C=O) groups is 5. The Labute approximate surface area is 177 Å². The van der Waals surface area contributed by atoms with Gasteiger partial charge in [0.1, 0.15) is 0 Å². The van der Waals surface area contributed by atoms with Gasteiger partial charge in [0.2, 0.25) is 0 Å². The first-order valence-electron chi connectivity index (χ1n) is 6.38. The van der Waals surface area contributed by atoms with Crippen LogP contribution >= 0.6 is 0 Å². The molecule has 0 unspecified atom stereocenters. The second-order valence-corrected chi connectivity index (χ2v) is 3.26. The van der Waals surface area contributed by atoms with Crippen molar-refractivity contribution in [3.63, 3.8) is 0 Å². The van der Waals surface area contributed by atoms with Crippen LogP contribution in [0.2, 0.25) is 0 Å². The number of nitrogens with one attached hydrogen (secondary N) is 2. The van der Waals surface area contributed by atoms with Crippen molar-refractivity contribution < 1.29 is 69.6 Å². The first-order chi connectivity index (χ1) is 12.1. The summed E-state index contributed by atoms with van der Waals surface area (Å²) in [5, 5.41) is 39.5. The Balaban J connectivity index is -0.0000000382. The Bertz CT molecular complexity index is 289. The fourth-order valence-electron chi connectivity index (χ4n) is 0.315. The molecule has 0 bridgehead atoms. The predicted octanol–water partition coefficient (Wildman–Crippen LogP) is -0.890. The maximum Gasteiger partial charge on any atom is 6.00 e. The minimum absolute atomic E-state index is 0. The van der Waals surface area contributed by atoms with Gasteiger partial charge in [0, 0.05) is 13.1 Å². The van der Waals surface area contributed by atoms with Gasteiger partial charge in [-0.3, -0.25) is 58.6 Å². The molecule has 0 heterocycles. The smallest absolute Gasteiger partial charge is 0.676 e. The van der Waals surface area contributed by atoms with Gasteiger partial charge in [-0.05, 0) is 6.54 Å². The molecular formula is C14H27N3O10Tc. The minimum atomic E-state index is -1.08. The van der Waals surface area contributed by atoms with Gasteiger partial charge in [-0.1, -0.05) is 0 Å². The van der Waals surface area contributed by atoms with Crippen molar-refractivity contribution in [2.24, 2.45) is 5.73 Å². The topological polar surface area (TPSA) is 248 Å². The number of hydrogen-bond donors (Lipinski definition) is 7. The van der Waals surface area contributed by atoms with E-state index in [1.165, 1.54) is 0 Å². The molecule has 0 aliphatic heterocycles. The van der Waals surface area contributed by atoms with Crippen molar-refractivity contribution in [3.8, 4) is 0 Å². The van der Waals surface area contributed by atoms with Crippen LogP contribution in [0.1, 0.15) is 0 Å². The normalized spacial score (nSPS) is 6.64. The molecule has 0 amide bonds. The second-order valence-electron chi connectivity index (χ2n) is 3.26. The first-order valence-corrected chi connectivity index (χ1v) is 6.38. The van der Waals surface area contributed by atoms with Crippen LogP contribution in [0.3, 0.4) is 0 Å². The SMILES string of the molecule is [CH2-]C(=O)O.[CH2-]C(=O)O.[CH2-]C(=O)O.[CH2-]C(=O)O.[CH2-]C(=O)O.[NH-]CCNCCN.[Tc+6]. The first kappa shape index (κ1) is 44.6. The summed E-state index contributed by atoms with van der Waals surface area (Å²) in [5.41, 5.74) is 11.8. The van der Waals surface area contributed by atoms with Crippen LogP contribution in [0.25, 0.3) is 5.73 Å². The average Bonchev–Trinajstić information content (AvgIpc) is 2.35. The molecule has 9 N–H and O–H groups in total. The summed E-state index contributed by atoms with van der Waals surface area (Å²) in [6.45, 7) is 15.5. The third-order valence-corrected chi connectivity index (χ3v) is 0.623. The summed E-state index contributed by atoms with van der Waals surface area (Å²) in [7, 11) is 0. The fraction of sp³-hybridized carbons (Fsp3) is 0.286. The number of hydrogen-bond acceptors (Lipinski definition) is 7. The Hall–Kier alpha value is -2.77. The molecular weight excluding hydrogens is 468 g/mol.